The van der Waals surface area contributed by atoms with Crippen molar-refractivity contribution in [3.05, 3.63) is 28.3 Å². The molecule has 0 heterocycles. The molecule has 7 heteroatoms. The lowest BCUT2D eigenvalue weighted by Gasteiger charge is -2.06. The minimum Gasteiger partial charge on any atom is -0.493 e. The maximum Gasteiger partial charge on any atom is 0.314 e. The van der Waals surface area contributed by atoms with E-state index in [4.69, 9.17) is 15.2 Å². The Kier molecular flexibility index (Phi) is 4.27. The predicted octanol–water partition coefficient (Wildman–Crippen LogP) is 0.858. The molecule has 1 aromatic rings. The number of methoxy groups -OCH3 is 1. The highest BCUT2D eigenvalue weighted by atomic mass is 16.6. The number of carbonyl (C=O) groups is 1. The summed E-state index contributed by atoms with van der Waals surface area (Å²) in [7, 11) is 1.34. The highest BCUT2D eigenvalue weighted by molar-refractivity contribution is 5.73. The number of carbonyl (C=O) groups excluding carboxylic acids is 1. The van der Waals surface area contributed by atoms with Crippen molar-refractivity contribution in [2.45, 2.75) is 6.42 Å². The third kappa shape index (κ3) is 3.63. The molecule has 0 saturated carbocycles. The molecule has 7 nitrogen and oxygen atoms in total. The fourth-order valence-electron chi connectivity index (χ4n) is 1.17. The van der Waals surface area contributed by atoms with E-state index in [-0.39, 0.29) is 24.5 Å². The largest absolute Gasteiger partial charge is 0.493 e. The Morgan fingerprint density at radius 3 is 2.76 bits per heavy atom. The van der Waals surface area contributed by atoms with E-state index < -0.39 is 10.8 Å². The van der Waals surface area contributed by atoms with Crippen LogP contribution in [-0.2, 0) is 4.79 Å². The van der Waals surface area contributed by atoms with E-state index in [2.05, 4.69) is 0 Å². The fourth-order valence-corrected chi connectivity index (χ4v) is 1.17. The monoisotopic (exact) mass is 240 g/mol. The van der Waals surface area contributed by atoms with E-state index in [0.29, 0.717) is 5.75 Å². The summed E-state index contributed by atoms with van der Waals surface area (Å²) in [6.07, 6.45) is 0.0554. The van der Waals surface area contributed by atoms with Crippen LogP contribution in [0, 0.1) is 10.1 Å². The second-order valence-corrected chi connectivity index (χ2v) is 3.16. The molecule has 0 fully saturated rings. The van der Waals surface area contributed by atoms with E-state index >= 15 is 0 Å². The lowest BCUT2D eigenvalue weighted by molar-refractivity contribution is -0.385. The van der Waals surface area contributed by atoms with Crippen LogP contribution in [0.3, 0.4) is 0 Å². The molecule has 0 aliphatic rings. The first-order chi connectivity index (χ1) is 8.04. The van der Waals surface area contributed by atoms with Gasteiger partial charge < -0.3 is 15.2 Å². The van der Waals surface area contributed by atoms with Crippen LogP contribution in [0.25, 0.3) is 0 Å². The van der Waals surface area contributed by atoms with Gasteiger partial charge in [-0.25, -0.2) is 0 Å². The van der Waals surface area contributed by atoms with Gasteiger partial charge in [0.2, 0.25) is 5.91 Å². The molecule has 1 amide bonds. The molecule has 17 heavy (non-hydrogen) atoms. The van der Waals surface area contributed by atoms with Crippen molar-refractivity contribution in [2.75, 3.05) is 13.7 Å². The van der Waals surface area contributed by atoms with Crippen LogP contribution in [0.1, 0.15) is 6.42 Å². The predicted molar refractivity (Wildman–Crippen MR) is 59.0 cm³/mol. The van der Waals surface area contributed by atoms with Crippen LogP contribution in [0.2, 0.25) is 0 Å². The SMILES string of the molecule is COc1ccc(OCCC(N)=O)cc1[N+](=O)[O-]. The fraction of sp³-hybridized carbons (Fsp3) is 0.300. The third-order valence-corrected chi connectivity index (χ3v) is 1.96. The van der Waals surface area contributed by atoms with Crippen LogP contribution in [-0.4, -0.2) is 24.5 Å². The maximum atomic E-state index is 10.7. The summed E-state index contributed by atoms with van der Waals surface area (Å²) in [5.41, 5.74) is 4.74. The Morgan fingerprint density at radius 2 is 2.24 bits per heavy atom. The molecular weight excluding hydrogens is 228 g/mol. The molecule has 1 aromatic carbocycles. The molecule has 0 bridgehead atoms. The van der Waals surface area contributed by atoms with Crippen LogP contribution in [0.5, 0.6) is 11.5 Å². The Balaban J connectivity index is 2.78. The highest BCUT2D eigenvalue weighted by Gasteiger charge is 2.15. The van der Waals surface area contributed by atoms with Gasteiger partial charge in [-0.1, -0.05) is 0 Å². The molecular formula is C10H12N2O5. The van der Waals surface area contributed by atoms with Crippen LogP contribution in [0.15, 0.2) is 18.2 Å². The molecule has 0 radical (unpaired) electrons. The van der Waals surface area contributed by atoms with E-state index in [1.807, 2.05) is 0 Å². The van der Waals surface area contributed by atoms with E-state index in [9.17, 15) is 14.9 Å². The van der Waals surface area contributed by atoms with Gasteiger partial charge >= 0.3 is 5.69 Å². The van der Waals surface area contributed by atoms with Gasteiger partial charge in [-0.15, -0.1) is 0 Å². The van der Waals surface area contributed by atoms with Crippen LogP contribution < -0.4 is 15.2 Å². The molecule has 0 spiro atoms. The quantitative estimate of drug-likeness (QED) is 0.586. The second-order valence-electron chi connectivity index (χ2n) is 3.16. The summed E-state index contributed by atoms with van der Waals surface area (Å²) >= 11 is 0. The molecule has 0 aromatic heterocycles. The zero-order valence-corrected chi connectivity index (χ0v) is 9.21. The van der Waals surface area contributed by atoms with Gasteiger partial charge in [-0.05, 0) is 12.1 Å². The minimum absolute atomic E-state index is 0.0554. The third-order valence-electron chi connectivity index (χ3n) is 1.96. The summed E-state index contributed by atoms with van der Waals surface area (Å²) in [6, 6.07) is 4.18. The number of nitro benzene ring substituents is 1. The highest BCUT2D eigenvalue weighted by Crippen LogP contribution is 2.30. The Morgan fingerprint density at radius 1 is 1.53 bits per heavy atom. The van der Waals surface area contributed by atoms with Crippen molar-refractivity contribution in [3.8, 4) is 11.5 Å². The summed E-state index contributed by atoms with van der Waals surface area (Å²) in [5.74, 6) is -0.0518. The van der Waals surface area contributed by atoms with Gasteiger partial charge in [0.25, 0.3) is 0 Å². The number of primary amides is 1. The van der Waals surface area contributed by atoms with Crippen molar-refractivity contribution < 1.29 is 19.2 Å². The number of benzene rings is 1. The standard InChI is InChI=1S/C10H12N2O5/c1-16-9-3-2-7(6-8(9)12(14)15)17-5-4-10(11)13/h2-3,6H,4-5H2,1H3,(H2,11,13). The zero-order valence-electron chi connectivity index (χ0n) is 9.21. The number of ether oxygens (including phenoxy) is 2. The van der Waals surface area contributed by atoms with Crippen molar-refractivity contribution >= 4 is 11.6 Å². The lowest BCUT2D eigenvalue weighted by Crippen LogP contribution is -2.14. The average molecular weight is 240 g/mol. The lowest BCUT2D eigenvalue weighted by atomic mass is 10.3. The van der Waals surface area contributed by atoms with Gasteiger partial charge in [0.05, 0.1) is 31.1 Å². The summed E-state index contributed by atoms with van der Waals surface area (Å²) in [6.45, 7) is 0.0822. The molecule has 0 saturated heterocycles. The molecule has 0 unspecified atom stereocenters. The number of nitrogens with zero attached hydrogens (tertiary/aromatic N) is 1. The van der Waals surface area contributed by atoms with Crippen LogP contribution >= 0.6 is 0 Å². The Labute approximate surface area is 97.3 Å². The zero-order chi connectivity index (χ0) is 12.8. The number of nitrogens with two attached hydrogens (primary N) is 1. The number of hydrogen-bond donors (Lipinski definition) is 1. The molecule has 1 rings (SSSR count). The van der Waals surface area contributed by atoms with Gasteiger partial charge in [-0.3, -0.25) is 14.9 Å². The van der Waals surface area contributed by atoms with Crippen LogP contribution in [0.4, 0.5) is 5.69 Å². The van der Waals surface area contributed by atoms with Crippen molar-refractivity contribution in [3.63, 3.8) is 0 Å². The first-order valence-electron chi connectivity index (χ1n) is 4.78. The number of rotatable bonds is 6. The number of amides is 1. The molecule has 2 N–H and O–H groups in total. The first kappa shape index (κ1) is 12.8. The van der Waals surface area contributed by atoms with Gasteiger partial charge in [0, 0.05) is 0 Å². The minimum atomic E-state index is -0.570. The van der Waals surface area contributed by atoms with E-state index in [1.54, 1.807) is 0 Å². The number of hydrogen-bond acceptors (Lipinski definition) is 5. The summed E-state index contributed by atoms with van der Waals surface area (Å²) in [5, 5.41) is 10.7. The summed E-state index contributed by atoms with van der Waals surface area (Å²) < 4.78 is 9.98. The smallest absolute Gasteiger partial charge is 0.314 e. The molecule has 92 valence electrons. The Bertz CT molecular complexity index is 433. The van der Waals surface area contributed by atoms with E-state index in [1.165, 1.54) is 25.3 Å². The van der Waals surface area contributed by atoms with Gasteiger partial charge in [0.15, 0.2) is 5.75 Å². The maximum absolute atomic E-state index is 10.7. The van der Waals surface area contributed by atoms with Crippen molar-refractivity contribution in [2.24, 2.45) is 5.73 Å². The van der Waals surface area contributed by atoms with Gasteiger partial charge in [0.1, 0.15) is 5.75 Å². The van der Waals surface area contributed by atoms with Gasteiger partial charge in [-0.2, -0.15) is 0 Å². The molecule has 0 atom stereocenters. The molecule has 0 aliphatic carbocycles. The van der Waals surface area contributed by atoms with Crippen molar-refractivity contribution in [1.82, 2.24) is 0 Å². The van der Waals surface area contributed by atoms with E-state index in [0.717, 1.165) is 0 Å². The molecule has 0 aliphatic heterocycles. The first-order valence-corrected chi connectivity index (χ1v) is 4.78. The Hall–Kier alpha value is -2.31. The topological polar surface area (TPSA) is 105 Å². The summed E-state index contributed by atoms with van der Waals surface area (Å²) in [4.78, 5) is 20.6. The van der Waals surface area contributed by atoms with Crippen molar-refractivity contribution in [1.29, 1.82) is 0 Å². The number of nitro groups is 1. The average Bonchev–Trinajstić information content (AvgIpc) is 2.28. The normalized spacial score (nSPS) is 9.71. The second kappa shape index (κ2) is 5.69.